The zero-order valence-electron chi connectivity index (χ0n) is 19.9. The molecule has 160 valence electrons. The summed E-state index contributed by atoms with van der Waals surface area (Å²) in [6, 6.07) is 14.9. The van der Waals surface area contributed by atoms with Crippen molar-refractivity contribution in [1.29, 1.82) is 0 Å². The van der Waals surface area contributed by atoms with Gasteiger partial charge in [-0.2, -0.15) is 0 Å². The second-order valence-electron chi connectivity index (χ2n) is 11.5. The molecule has 0 spiro atoms. The quantitative estimate of drug-likeness (QED) is 0.581. The van der Waals surface area contributed by atoms with Crippen LogP contribution in [0.1, 0.15) is 94.4 Å². The maximum atomic E-state index is 12.6. The van der Waals surface area contributed by atoms with Gasteiger partial charge in [0.05, 0.1) is 5.54 Å². The Labute approximate surface area is 182 Å². The molecule has 0 aromatic heterocycles. The molecule has 0 radical (unpaired) electrons. The van der Waals surface area contributed by atoms with Crippen LogP contribution in [0.5, 0.6) is 0 Å². The molecule has 2 aromatic rings. The van der Waals surface area contributed by atoms with E-state index in [9.17, 15) is 4.79 Å². The van der Waals surface area contributed by atoms with Crippen molar-refractivity contribution in [2.75, 3.05) is 0 Å². The molecule has 2 nitrogen and oxygen atoms in total. The molecule has 1 unspecified atom stereocenters. The first kappa shape index (κ1) is 22.5. The van der Waals surface area contributed by atoms with E-state index in [1.165, 1.54) is 22.3 Å². The molecule has 0 fully saturated rings. The first-order chi connectivity index (χ1) is 13.6. The van der Waals surface area contributed by atoms with Gasteiger partial charge in [-0.05, 0) is 58.9 Å². The highest BCUT2D eigenvalue weighted by molar-refractivity contribution is 6.02. The number of carbonyl (C=O) groups excluding carboxylic acids is 1. The van der Waals surface area contributed by atoms with Gasteiger partial charge in [-0.3, -0.25) is 4.79 Å². The molecule has 2 aromatic carbocycles. The summed E-state index contributed by atoms with van der Waals surface area (Å²) in [5, 5.41) is 0. The maximum absolute atomic E-state index is 12.6. The summed E-state index contributed by atoms with van der Waals surface area (Å²) in [7, 11) is 0. The lowest BCUT2D eigenvalue weighted by molar-refractivity contribution is 0.0913. The molecular formula is C28H37NO. The number of hydrogen-bond donors (Lipinski definition) is 1. The van der Waals surface area contributed by atoms with Gasteiger partial charge in [0, 0.05) is 11.0 Å². The van der Waals surface area contributed by atoms with Crippen LogP contribution in [0.3, 0.4) is 0 Å². The maximum Gasteiger partial charge on any atom is 0.182 e. The highest BCUT2D eigenvalue weighted by Gasteiger charge is 2.46. The minimum atomic E-state index is -0.865. The Bertz CT molecular complexity index is 996. The Morgan fingerprint density at radius 2 is 1.43 bits per heavy atom. The van der Waals surface area contributed by atoms with E-state index in [2.05, 4.69) is 78.5 Å². The summed E-state index contributed by atoms with van der Waals surface area (Å²) >= 11 is 0. The van der Waals surface area contributed by atoms with Gasteiger partial charge in [0.2, 0.25) is 0 Å². The Balaban J connectivity index is 2.09. The molecule has 0 saturated heterocycles. The first-order valence-electron chi connectivity index (χ1n) is 10.9. The third kappa shape index (κ3) is 3.78. The van der Waals surface area contributed by atoms with Crippen LogP contribution in [-0.4, -0.2) is 11.3 Å². The number of hydrogen-bond acceptors (Lipinski definition) is 2. The molecule has 1 atom stereocenters. The van der Waals surface area contributed by atoms with Crippen LogP contribution in [0, 0.1) is 5.41 Å². The standard InChI is InChI=1S/C28H37NO/c1-18(25(2,3)4)20-12-15-22-23(16-20)28(9,17-26(22,5)6)21-13-10-19(11-14-21)24(30)27(7,8)29/h10-16H,1,17,29H2,2-9H3. The number of rotatable bonds is 4. The molecule has 0 bridgehead atoms. The number of fused-ring (bicyclic) bond motifs is 1. The van der Waals surface area contributed by atoms with Crippen LogP contribution in [0.2, 0.25) is 0 Å². The highest BCUT2D eigenvalue weighted by atomic mass is 16.1. The number of allylic oxidation sites excluding steroid dienone is 1. The number of nitrogens with two attached hydrogens (primary N) is 1. The third-order valence-corrected chi connectivity index (χ3v) is 6.76. The molecule has 1 aliphatic carbocycles. The molecule has 3 rings (SSSR count). The average molecular weight is 404 g/mol. The predicted molar refractivity (Wildman–Crippen MR) is 128 cm³/mol. The minimum Gasteiger partial charge on any atom is -0.319 e. The fourth-order valence-electron chi connectivity index (χ4n) is 4.91. The highest BCUT2D eigenvalue weighted by Crippen LogP contribution is 2.53. The molecule has 2 heteroatoms. The number of carbonyl (C=O) groups is 1. The van der Waals surface area contributed by atoms with Gasteiger partial charge in [-0.1, -0.05) is 90.6 Å². The van der Waals surface area contributed by atoms with E-state index in [4.69, 9.17) is 5.73 Å². The van der Waals surface area contributed by atoms with Crippen molar-refractivity contribution >= 4 is 11.4 Å². The fourth-order valence-corrected chi connectivity index (χ4v) is 4.91. The van der Waals surface area contributed by atoms with E-state index in [1.54, 1.807) is 13.8 Å². The van der Waals surface area contributed by atoms with Crippen LogP contribution in [0.15, 0.2) is 49.0 Å². The van der Waals surface area contributed by atoms with Crippen LogP contribution in [-0.2, 0) is 10.8 Å². The Kier molecular flexibility index (Phi) is 5.19. The van der Waals surface area contributed by atoms with Gasteiger partial charge in [-0.25, -0.2) is 0 Å². The van der Waals surface area contributed by atoms with E-state index in [0.29, 0.717) is 5.56 Å². The smallest absolute Gasteiger partial charge is 0.182 e. The van der Waals surface area contributed by atoms with Crippen molar-refractivity contribution in [1.82, 2.24) is 0 Å². The lowest BCUT2D eigenvalue weighted by atomic mass is 9.74. The number of ketones is 1. The second kappa shape index (κ2) is 6.92. The Hall–Kier alpha value is -2.19. The summed E-state index contributed by atoms with van der Waals surface area (Å²) in [4.78, 5) is 12.6. The van der Waals surface area contributed by atoms with E-state index < -0.39 is 5.54 Å². The van der Waals surface area contributed by atoms with Crippen molar-refractivity contribution in [3.63, 3.8) is 0 Å². The third-order valence-electron chi connectivity index (χ3n) is 6.76. The zero-order valence-corrected chi connectivity index (χ0v) is 19.9. The van der Waals surface area contributed by atoms with Gasteiger partial charge in [0.1, 0.15) is 0 Å². The van der Waals surface area contributed by atoms with Gasteiger partial charge in [0.15, 0.2) is 5.78 Å². The van der Waals surface area contributed by atoms with Gasteiger partial charge in [0.25, 0.3) is 0 Å². The molecule has 30 heavy (non-hydrogen) atoms. The predicted octanol–water partition coefficient (Wildman–Crippen LogP) is 6.65. The van der Waals surface area contributed by atoms with Crippen LogP contribution in [0.25, 0.3) is 5.57 Å². The van der Waals surface area contributed by atoms with Crippen molar-refractivity contribution in [3.8, 4) is 0 Å². The van der Waals surface area contributed by atoms with Crippen LogP contribution >= 0.6 is 0 Å². The molecule has 1 aliphatic rings. The van der Waals surface area contributed by atoms with Crippen LogP contribution in [0.4, 0.5) is 0 Å². The molecular weight excluding hydrogens is 366 g/mol. The number of Topliss-reactive ketones (excluding diaryl/α,β-unsaturated/α-hetero) is 1. The summed E-state index contributed by atoms with van der Waals surface area (Å²) < 4.78 is 0. The molecule has 2 N–H and O–H groups in total. The molecule has 0 saturated carbocycles. The summed E-state index contributed by atoms with van der Waals surface area (Å²) in [5.41, 5.74) is 12.2. The fraction of sp³-hybridized carbons (Fsp3) is 0.464. The summed E-state index contributed by atoms with van der Waals surface area (Å²) in [6.45, 7) is 21.5. The van der Waals surface area contributed by atoms with E-state index >= 15 is 0 Å². The lowest BCUT2D eigenvalue weighted by Crippen LogP contribution is -2.41. The van der Waals surface area contributed by atoms with Gasteiger partial charge in [-0.15, -0.1) is 0 Å². The number of benzene rings is 2. The van der Waals surface area contributed by atoms with Gasteiger partial charge < -0.3 is 5.73 Å². The molecule has 0 aliphatic heterocycles. The topological polar surface area (TPSA) is 43.1 Å². The zero-order chi connectivity index (χ0) is 22.7. The SMILES string of the molecule is C=C(c1ccc2c(c1)C(C)(c1ccc(C(=O)C(C)(C)N)cc1)CC2(C)C)C(C)(C)C. The Morgan fingerprint density at radius 1 is 0.900 bits per heavy atom. The van der Waals surface area contributed by atoms with Crippen LogP contribution < -0.4 is 5.73 Å². The second-order valence-corrected chi connectivity index (χ2v) is 11.5. The summed E-state index contributed by atoms with van der Waals surface area (Å²) in [5.74, 6) is -0.0323. The minimum absolute atomic E-state index is 0.0236. The monoisotopic (exact) mass is 403 g/mol. The van der Waals surface area contributed by atoms with Crippen molar-refractivity contribution in [3.05, 3.63) is 76.9 Å². The van der Waals surface area contributed by atoms with Gasteiger partial charge >= 0.3 is 0 Å². The summed E-state index contributed by atoms with van der Waals surface area (Å²) in [6.07, 6.45) is 1.02. The lowest BCUT2D eigenvalue weighted by Gasteiger charge is -2.29. The van der Waals surface area contributed by atoms with Crippen molar-refractivity contribution < 1.29 is 4.79 Å². The van der Waals surface area contributed by atoms with E-state index in [1.807, 2.05) is 12.1 Å². The van der Waals surface area contributed by atoms with E-state index in [0.717, 1.165) is 12.0 Å². The average Bonchev–Trinajstić information content (AvgIpc) is 2.85. The largest absolute Gasteiger partial charge is 0.319 e. The van der Waals surface area contributed by atoms with E-state index in [-0.39, 0.29) is 22.0 Å². The van der Waals surface area contributed by atoms with Crippen molar-refractivity contribution in [2.45, 2.75) is 78.2 Å². The first-order valence-corrected chi connectivity index (χ1v) is 10.9. The molecule has 0 heterocycles. The molecule has 0 amide bonds. The van der Waals surface area contributed by atoms with Crippen molar-refractivity contribution in [2.24, 2.45) is 11.1 Å². The Morgan fingerprint density at radius 3 is 1.93 bits per heavy atom. The normalized spacial score (nSPS) is 20.7.